The van der Waals surface area contributed by atoms with Gasteiger partial charge < -0.3 is 5.32 Å². The molecule has 0 rings (SSSR count). The van der Waals surface area contributed by atoms with Crippen molar-refractivity contribution in [2.45, 2.75) is 26.8 Å². The molecule has 0 aliphatic heterocycles. The first-order valence-electron chi connectivity index (χ1n) is 4.63. The first kappa shape index (κ1) is 12.4. The number of hydrazine groups is 1. The van der Waals surface area contributed by atoms with E-state index in [4.69, 9.17) is 0 Å². The lowest BCUT2D eigenvalue weighted by Crippen LogP contribution is -2.43. The fourth-order valence-electron chi connectivity index (χ4n) is 1.14. The van der Waals surface area contributed by atoms with Crippen LogP contribution >= 0.6 is 0 Å². The van der Waals surface area contributed by atoms with Crippen LogP contribution in [0.25, 0.3) is 0 Å². The van der Waals surface area contributed by atoms with E-state index in [2.05, 4.69) is 17.7 Å². The predicted octanol–water partition coefficient (Wildman–Crippen LogP) is 0.213. The van der Waals surface area contributed by atoms with Crippen molar-refractivity contribution in [3.8, 4) is 0 Å². The average molecular weight is 187 g/mol. The van der Waals surface area contributed by atoms with E-state index in [-0.39, 0.29) is 11.9 Å². The molecule has 0 fully saturated rings. The zero-order valence-electron chi connectivity index (χ0n) is 9.22. The molecular weight excluding hydrogens is 166 g/mol. The molecule has 0 radical (unpaired) electrons. The third kappa shape index (κ3) is 5.60. The Labute approximate surface area is 80.7 Å². The van der Waals surface area contributed by atoms with Crippen LogP contribution in [0.2, 0.25) is 0 Å². The summed E-state index contributed by atoms with van der Waals surface area (Å²) in [5.41, 5.74) is 3.02. The third-order valence-corrected chi connectivity index (χ3v) is 2.23. The molecule has 0 aromatic rings. The summed E-state index contributed by atoms with van der Waals surface area (Å²) < 4.78 is 0. The van der Waals surface area contributed by atoms with Crippen molar-refractivity contribution < 1.29 is 4.79 Å². The minimum absolute atomic E-state index is 0.0338. The Morgan fingerprint density at radius 3 is 2.38 bits per heavy atom. The lowest BCUT2D eigenvalue weighted by molar-refractivity contribution is -0.119. The van der Waals surface area contributed by atoms with Gasteiger partial charge in [0, 0.05) is 26.6 Å². The van der Waals surface area contributed by atoms with Gasteiger partial charge in [-0.3, -0.25) is 10.2 Å². The zero-order chi connectivity index (χ0) is 10.4. The highest BCUT2D eigenvalue weighted by atomic mass is 16.1. The third-order valence-electron chi connectivity index (χ3n) is 2.23. The van der Waals surface area contributed by atoms with Crippen molar-refractivity contribution in [2.24, 2.45) is 5.92 Å². The van der Waals surface area contributed by atoms with E-state index in [0.717, 1.165) is 6.54 Å². The van der Waals surface area contributed by atoms with Crippen LogP contribution in [-0.4, -0.2) is 37.6 Å². The zero-order valence-corrected chi connectivity index (χ0v) is 9.22. The monoisotopic (exact) mass is 187 g/mol. The molecule has 2 N–H and O–H groups in total. The molecule has 0 heterocycles. The van der Waals surface area contributed by atoms with Gasteiger partial charge in [-0.05, 0) is 19.9 Å². The van der Waals surface area contributed by atoms with Gasteiger partial charge in [0.15, 0.2) is 0 Å². The number of amides is 1. The molecule has 0 aromatic heterocycles. The molecule has 0 saturated heterocycles. The fourth-order valence-corrected chi connectivity index (χ4v) is 1.14. The van der Waals surface area contributed by atoms with E-state index in [1.54, 1.807) is 6.92 Å². The number of rotatable bonds is 5. The molecule has 78 valence electrons. The molecular formula is C9H21N3O. The van der Waals surface area contributed by atoms with Crippen LogP contribution in [0, 0.1) is 5.92 Å². The highest BCUT2D eigenvalue weighted by Crippen LogP contribution is 2.02. The van der Waals surface area contributed by atoms with E-state index < -0.39 is 0 Å². The van der Waals surface area contributed by atoms with Gasteiger partial charge in [-0.2, -0.15) is 0 Å². The maximum absolute atomic E-state index is 10.8. The van der Waals surface area contributed by atoms with Gasteiger partial charge in [0.2, 0.25) is 5.91 Å². The molecule has 0 aliphatic carbocycles. The highest BCUT2D eigenvalue weighted by molar-refractivity contribution is 5.73. The Morgan fingerprint density at radius 2 is 2.00 bits per heavy atom. The van der Waals surface area contributed by atoms with Gasteiger partial charge in [0.1, 0.15) is 0 Å². The van der Waals surface area contributed by atoms with Crippen LogP contribution < -0.4 is 10.7 Å². The molecule has 2 unspecified atom stereocenters. The predicted molar refractivity (Wildman–Crippen MR) is 54.1 cm³/mol. The molecule has 1 amide bonds. The topological polar surface area (TPSA) is 44.4 Å². The first-order valence-corrected chi connectivity index (χ1v) is 4.63. The van der Waals surface area contributed by atoms with E-state index in [0.29, 0.717) is 5.92 Å². The van der Waals surface area contributed by atoms with Crippen molar-refractivity contribution in [1.29, 1.82) is 0 Å². The van der Waals surface area contributed by atoms with Gasteiger partial charge in [-0.15, -0.1) is 0 Å². The molecule has 4 heteroatoms. The van der Waals surface area contributed by atoms with Crippen molar-refractivity contribution in [3.63, 3.8) is 0 Å². The summed E-state index contributed by atoms with van der Waals surface area (Å²) in [4.78, 5) is 10.8. The second kappa shape index (κ2) is 5.94. The molecule has 0 aromatic carbocycles. The maximum Gasteiger partial charge on any atom is 0.217 e. The van der Waals surface area contributed by atoms with E-state index in [9.17, 15) is 4.79 Å². The Hall–Kier alpha value is -0.610. The molecule has 13 heavy (non-hydrogen) atoms. The van der Waals surface area contributed by atoms with Crippen LogP contribution in [0.15, 0.2) is 0 Å². The number of nitrogens with zero attached hydrogens (tertiary/aromatic N) is 1. The number of hydrogen-bond donors (Lipinski definition) is 2. The molecule has 0 saturated carbocycles. The minimum Gasteiger partial charge on any atom is -0.354 e. The summed E-state index contributed by atoms with van der Waals surface area (Å²) in [6, 6.07) is 0.216. The van der Waals surface area contributed by atoms with Gasteiger partial charge >= 0.3 is 0 Å². The minimum atomic E-state index is 0.0338. The van der Waals surface area contributed by atoms with Crippen LogP contribution in [0.1, 0.15) is 20.8 Å². The summed E-state index contributed by atoms with van der Waals surface area (Å²) in [5, 5.41) is 4.88. The number of carbonyl (C=O) groups is 1. The number of hydrogen-bond acceptors (Lipinski definition) is 3. The van der Waals surface area contributed by atoms with E-state index in [1.165, 1.54) is 0 Å². The standard InChI is InChI=1S/C9H21N3O/c1-7(6-12(5)10-4)8(2)11-9(3)13/h7-8,10H,6H2,1-5H3,(H,11,13). The van der Waals surface area contributed by atoms with E-state index >= 15 is 0 Å². The van der Waals surface area contributed by atoms with Crippen LogP contribution in [0.3, 0.4) is 0 Å². The maximum atomic E-state index is 10.8. The Balaban J connectivity index is 3.81. The Morgan fingerprint density at radius 1 is 1.46 bits per heavy atom. The van der Waals surface area contributed by atoms with Gasteiger partial charge in [-0.25, -0.2) is 5.01 Å². The van der Waals surface area contributed by atoms with Gasteiger partial charge in [-0.1, -0.05) is 6.92 Å². The lowest BCUT2D eigenvalue weighted by Gasteiger charge is -2.25. The quantitative estimate of drug-likeness (QED) is 0.605. The summed E-state index contributed by atoms with van der Waals surface area (Å²) in [6.45, 7) is 6.60. The van der Waals surface area contributed by atoms with Crippen LogP contribution in [0.4, 0.5) is 0 Å². The van der Waals surface area contributed by atoms with Gasteiger partial charge in [0.05, 0.1) is 0 Å². The molecule has 0 spiro atoms. The summed E-state index contributed by atoms with van der Waals surface area (Å²) in [5.74, 6) is 0.466. The second-order valence-corrected chi connectivity index (χ2v) is 3.57. The lowest BCUT2D eigenvalue weighted by atomic mass is 10.0. The van der Waals surface area contributed by atoms with Gasteiger partial charge in [0.25, 0.3) is 0 Å². The summed E-state index contributed by atoms with van der Waals surface area (Å²) in [6.07, 6.45) is 0. The smallest absolute Gasteiger partial charge is 0.217 e. The molecule has 4 nitrogen and oxygen atoms in total. The molecule has 2 atom stereocenters. The number of carbonyl (C=O) groups excluding carboxylic acids is 1. The summed E-state index contributed by atoms with van der Waals surface area (Å²) >= 11 is 0. The van der Waals surface area contributed by atoms with Crippen molar-refractivity contribution in [2.75, 3.05) is 20.6 Å². The van der Waals surface area contributed by atoms with Crippen molar-refractivity contribution in [1.82, 2.24) is 15.8 Å². The van der Waals surface area contributed by atoms with Crippen LogP contribution in [0.5, 0.6) is 0 Å². The fraction of sp³-hybridized carbons (Fsp3) is 0.889. The van der Waals surface area contributed by atoms with Crippen molar-refractivity contribution >= 4 is 5.91 Å². The highest BCUT2D eigenvalue weighted by Gasteiger charge is 2.14. The van der Waals surface area contributed by atoms with Crippen LogP contribution in [-0.2, 0) is 4.79 Å². The first-order chi connectivity index (χ1) is 5.97. The SMILES string of the molecule is CNN(C)CC(C)C(C)NC(C)=O. The largest absolute Gasteiger partial charge is 0.354 e. The Bertz CT molecular complexity index is 161. The number of nitrogens with one attached hydrogen (secondary N) is 2. The molecule has 0 aliphatic rings. The molecule has 0 bridgehead atoms. The second-order valence-electron chi connectivity index (χ2n) is 3.57. The Kier molecular flexibility index (Phi) is 5.66. The van der Waals surface area contributed by atoms with E-state index in [1.807, 2.05) is 26.0 Å². The van der Waals surface area contributed by atoms with Crippen molar-refractivity contribution in [3.05, 3.63) is 0 Å². The normalized spacial score (nSPS) is 15.5. The average Bonchev–Trinajstić information content (AvgIpc) is 2.02. The summed E-state index contributed by atoms with van der Waals surface area (Å²) in [7, 11) is 3.87.